The summed E-state index contributed by atoms with van der Waals surface area (Å²) in [4.78, 5) is -0.404. The molecule has 0 saturated heterocycles. The van der Waals surface area contributed by atoms with Gasteiger partial charge >= 0.3 is 0 Å². The Labute approximate surface area is 108 Å². The van der Waals surface area contributed by atoms with E-state index in [-0.39, 0.29) is 9.79 Å². The van der Waals surface area contributed by atoms with Crippen molar-refractivity contribution in [3.8, 4) is 0 Å². The molecule has 0 aliphatic rings. The van der Waals surface area contributed by atoms with E-state index in [1.54, 1.807) is 13.8 Å². The second-order valence-corrected chi connectivity index (χ2v) is 8.90. The summed E-state index contributed by atoms with van der Waals surface area (Å²) in [6.07, 6.45) is 1.95. The number of sulfone groups is 2. The number of hydrogen-bond acceptors (Lipinski definition) is 5. The molecule has 0 unspecified atom stereocenters. The third kappa shape index (κ3) is 3.30. The molecule has 1 aromatic carbocycles. The molecule has 0 aliphatic heterocycles. The first-order chi connectivity index (χ1) is 7.83. The third-order valence-corrected chi connectivity index (χ3v) is 4.91. The Kier molecular flexibility index (Phi) is 3.64. The van der Waals surface area contributed by atoms with Gasteiger partial charge in [0.15, 0.2) is 19.7 Å². The van der Waals surface area contributed by atoms with Gasteiger partial charge in [-0.3, -0.25) is 0 Å². The van der Waals surface area contributed by atoms with Crippen LogP contribution in [0.3, 0.4) is 0 Å². The Morgan fingerprint density at radius 1 is 0.944 bits per heavy atom. The van der Waals surface area contributed by atoms with Crippen molar-refractivity contribution in [1.82, 2.24) is 0 Å². The van der Waals surface area contributed by atoms with Crippen molar-refractivity contribution in [3.63, 3.8) is 0 Å². The Hall–Kier alpha value is -0.920. The van der Waals surface area contributed by atoms with E-state index in [4.69, 9.17) is 5.73 Å². The molecule has 5 nitrogen and oxygen atoms in total. The Balaban J connectivity index is 3.72. The van der Waals surface area contributed by atoms with Crippen LogP contribution in [0.2, 0.25) is 0 Å². The lowest BCUT2D eigenvalue weighted by Crippen LogP contribution is -2.29. The van der Waals surface area contributed by atoms with Gasteiger partial charge in [-0.05, 0) is 31.5 Å². The smallest absolute Gasteiger partial charge is 0.176 e. The van der Waals surface area contributed by atoms with Crippen LogP contribution in [-0.4, -0.2) is 29.3 Å². The minimum atomic E-state index is -3.63. The summed E-state index contributed by atoms with van der Waals surface area (Å²) in [6.45, 7) is 3.43. The highest BCUT2D eigenvalue weighted by Gasteiger charge is 2.24. The molecule has 0 heterocycles. The van der Waals surface area contributed by atoms with E-state index in [1.807, 2.05) is 0 Å². The standard InChI is InChI=1S/C11H17NO4S2/c1-11(2,12)8-5-6-9(17(3,13)14)10(7-8)18(4,15)16/h5-7H,12H2,1-4H3. The molecule has 0 aromatic heterocycles. The molecule has 0 atom stereocenters. The first kappa shape index (κ1) is 15.1. The van der Waals surface area contributed by atoms with Crippen molar-refractivity contribution >= 4 is 19.7 Å². The third-order valence-electron chi connectivity index (χ3n) is 2.49. The first-order valence-corrected chi connectivity index (χ1v) is 8.95. The van der Waals surface area contributed by atoms with E-state index in [2.05, 4.69) is 0 Å². The van der Waals surface area contributed by atoms with E-state index >= 15 is 0 Å². The molecule has 0 radical (unpaired) electrons. The van der Waals surface area contributed by atoms with Crippen LogP contribution in [0, 0.1) is 0 Å². The fraction of sp³-hybridized carbons (Fsp3) is 0.455. The quantitative estimate of drug-likeness (QED) is 0.884. The SMILES string of the molecule is CC(C)(N)c1ccc(S(C)(=O)=O)c(S(C)(=O)=O)c1. The van der Waals surface area contributed by atoms with Crippen LogP contribution < -0.4 is 5.73 Å². The van der Waals surface area contributed by atoms with Gasteiger partial charge in [0.2, 0.25) is 0 Å². The molecule has 0 spiro atoms. The van der Waals surface area contributed by atoms with Crippen LogP contribution in [0.1, 0.15) is 19.4 Å². The fourth-order valence-corrected chi connectivity index (χ4v) is 3.93. The monoisotopic (exact) mass is 291 g/mol. The molecule has 0 amide bonds. The van der Waals surface area contributed by atoms with Crippen LogP contribution in [0.25, 0.3) is 0 Å². The summed E-state index contributed by atoms with van der Waals surface area (Å²) in [5.41, 5.74) is 5.71. The van der Waals surface area contributed by atoms with Crippen molar-refractivity contribution < 1.29 is 16.8 Å². The maximum atomic E-state index is 11.7. The highest BCUT2D eigenvalue weighted by molar-refractivity contribution is 7.93. The lowest BCUT2D eigenvalue weighted by atomic mass is 9.96. The minimum absolute atomic E-state index is 0.196. The lowest BCUT2D eigenvalue weighted by Gasteiger charge is -2.20. The predicted octanol–water partition coefficient (Wildman–Crippen LogP) is 0.687. The summed E-state index contributed by atoms with van der Waals surface area (Å²) in [5.74, 6) is 0. The molecule has 0 fully saturated rings. The van der Waals surface area contributed by atoms with Crippen LogP contribution in [0.5, 0.6) is 0 Å². The van der Waals surface area contributed by atoms with Gasteiger partial charge in [0.05, 0.1) is 9.79 Å². The summed E-state index contributed by atoms with van der Waals surface area (Å²) >= 11 is 0. The van der Waals surface area contributed by atoms with Crippen LogP contribution in [0.4, 0.5) is 0 Å². The normalized spacial score (nSPS) is 13.6. The van der Waals surface area contributed by atoms with Gasteiger partial charge in [0.25, 0.3) is 0 Å². The maximum absolute atomic E-state index is 11.7. The van der Waals surface area contributed by atoms with Gasteiger partial charge in [0.1, 0.15) is 0 Å². The molecule has 0 bridgehead atoms. The molecule has 0 saturated carbocycles. The first-order valence-electron chi connectivity index (χ1n) is 5.17. The molecule has 1 rings (SSSR count). The van der Waals surface area contributed by atoms with Gasteiger partial charge < -0.3 is 5.73 Å². The number of rotatable bonds is 3. The molecular weight excluding hydrogens is 274 g/mol. The van der Waals surface area contributed by atoms with Crippen molar-refractivity contribution in [2.75, 3.05) is 12.5 Å². The van der Waals surface area contributed by atoms with Crippen LogP contribution in [0.15, 0.2) is 28.0 Å². The Morgan fingerprint density at radius 2 is 1.39 bits per heavy atom. The molecule has 18 heavy (non-hydrogen) atoms. The van der Waals surface area contributed by atoms with Crippen molar-refractivity contribution in [3.05, 3.63) is 23.8 Å². The van der Waals surface area contributed by atoms with Crippen molar-refractivity contribution in [1.29, 1.82) is 0 Å². The molecular formula is C11H17NO4S2. The molecule has 2 N–H and O–H groups in total. The molecule has 1 aromatic rings. The number of nitrogens with two attached hydrogens (primary N) is 1. The minimum Gasteiger partial charge on any atom is -0.322 e. The van der Waals surface area contributed by atoms with E-state index in [0.29, 0.717) is 5.56 Å². The van der Waals surface area contributed by atoms with E-state index in [1.165, 1.54) is 18.2 Å². The largest absolute Gasteiger partial charge is 0.322 e. The topological polar surface area (TPSA) is 94.3 Å². The van der Waals surface area contributed by atoms with E-state index in [0.717, 1.165) is 12.5 Å². The summed E-state index contributed by atoms with van der Waals surface area (Å²) in [7, 11) is -7.23. The maximum Gasteiger partial charge on any atom is 0.176 e. The second kappa shape index (κ2) is 4.32. The zero-order valence-electron chi connectivity index (χ0n) is 10.8. The molecule has 0 aliphatic carbocycles. The van der Waals surface area contributed by atoms with Crippen LogP contribution in [-0.2, 0) is 25.2 Å². The zero-order valence-corrected chi connectivity index (χ0v) is 12.4. The summed E-state index contributed by atoms with van der Waals surface area (Å²) < 4.78 is 46.5. The Morgan fingerprint density at radius 3 is 1.72 bits per heavy atom. The van der Waals surface area contributed by atoms with E-state index in [9.17, 15) is 16.8 Å². The highest BCUT2D eigenvalue weighted by Crippen LogP contribution is 2.26. The van der Waals surface area contributed by atoms with Crippen LogP contribution >= 0.6 is 0 Å². The van der Waals surface area contributed by atoms with Gasteiger partial charge in [-0.2, -0.15) is 0 Å². The lowest BCUT2D eigenvalue weighted by molar-refractivity contribution is 0.549. The Bertz CT molecular complexity index is 667. The van der Waals surface area contributed by atoms with Gasteiger partial charge in [0, 0.05) is 18.1 Å². The average Bonchev–Trinajstić information content (AvgIpc) is 2.12. The van der Waals surface area contributed by atoms with Crippen molar-refractivity contribution in [2.45, 2.75) is 29.2 Å². The summed E-state index contributed by atoms with van der Waals surface area (Å²) in [5, 5.41) is 0. The van der Waals surface area contributed by atoms with Gasteiger partial charge in [-0.15, -0.1) is 0 Å². The zero-order chi connectivity index (χ0) is 14.4. The average molecular weight is 291 g/mol. The van der Waals surface area contributed by atoms with Crippen molar-refractivity contribution in [2.24, 2.45) is 5.73 Å². The van der Waals surface area contributed by atoms with Gasteiger partial charge in [-0.1, -0.05) is 6.07 Å². The number of benzene rings is 1. The summed E-state index contributed by atoms with van der Waals surface area (Å²) in [6, 6.07) is 4.15. The predicted molar refractivity (Wildman–Crippen MR) is 69.9 cm³/mol. The van der Waals surface area contributed by atoms with Gasteiger partial charge in [-0.25, -0.2) is 16.8 Å². The van der Waals surface area contributed by atoms with E-state index < -0.39 is 25.2 Å². The number of hydrogen-bond donors (Lipinski definition) is 1. The highest BCUT2D eigenvalue weighted by atomic mass is 32.2. The fourth-order valence-electron chi connectivity index (χ4n) is 1.50. The molecule has 102 valence electrons. The molecule has 7 heteroatoms. The second-order valence-electron chi connectivity index (χ2n) is 4.93.